The van der Waals surface area contributed by atoms with E-state index in [0.717, 1.165) is 23.7 Å². The largest absolute Gasteiger partial charge is 0.493 e. The number of benzene rings is 1. The maximum Gasteiger partial charge on any atom is 0.191 e. The first kappa shape index (κ1) is 23.9. The summed E-state index contributed by atoms with van der Waals surface area (Å²) in [4.78, 5) is 4.23. The van der Waals surface area contributed by atoms with Crippen molar-refractivity contribution in [2.75, 3.05) is 41.0 Å². The maximum atomic E-state index is 5.72. The highest BCUT2D eigenvalue weighted by atomic mass is 127. The number of aliphatic imine (C=N–C) groups is 1. The Bertz CT molecular complexity index is 510. The van der Waals surface area contributed by atoms with Crippen molar-refractivity contribution in [3.8, 4) is 5.75 Å². The minimum absolute atomic E-state index is 0. The topological polar surface area (TPSA) is 64.1 Å². The lowest BCUT2D eigenvalue weighted by Gasteiger charge is -2.24. The van der Waals surface area contributed by atoms with Crippen molar-refractivity contribution in [2.45, 2.75) is 32.4 Å². The van der Waals surface area contributed by atoms with Crippen molar-refractivity contribution in [2.24, 2.45) is 4.99 Å². The number of hydrogen-bond donors (Lipinski definition) is 2. The van der Waals surface area contributed by atoms with E-state index in [-0.39, 0.29) is 29.6 Å². The SMILES string of the molecule is CN=C(NCc1cccc(OCCCOC)c1)NCC(C)(C)OC.I. The van der Waals surface area contributed by atoms with Crippen LogP contribution in [0.5, 0.6) is 5.75 Å². The third kappa shape index (κ3) is 10.5. The first-order valence-electron chi connectivity index (χ1n) is 8.21. The van der Waals surface area contributed by atoms with Gasteiger partial charge in [0.05, 0.1) is 12.2 Å². The van der Waals surface area contributed by atoms with E-state index in [1.165, 1.54) is 0 Å². The van der Waals surface area contributed by atoms with Gasteiger partial charge < -0.3 is 24.8 Å². The third-order valence-corrected chi connectivity index (χ3v) is 3.58. The van der Waals surface area contributed by atoms with Crippen LogP contribution in [0, 0.1) is 0 Å². The molecule has 144 valence electrons. The predicted octanol–water partition coefficient (Wildman–Crippen LogP) is 2.81. The highest BCUT2D eigenvalue weighted by Gasteiger charge is 2.16. The summed E-state index contributed by atoms with van der Waals surface area (Å²) in [6.45, 7) is 6.75. The minimum atomic E-state index is -0.242. The third-order valence-electron chi connectivity index (χ3n) is 3.58. The van der Waals surface area contributed by atoms with Crippen molar-refractivity contribution in [3.63, 3.8) is 0 Å². The highest BCUT2D eigenvalue weighted by Crippen LogP contribution is 2.13. The van der Waals surface area contributed by atoms with Crippen molar-refractivity contribution >= 4 is 29.9 Å². The summed E-state index contributed by atoms with van der Waals surface area (Å²) in [5, 5.41) is 6.56. The molecule has 1 rings (SSSR count). The molecule has 0 saturated heterocycles. The minimum Gasteiger partial charge on any atom is -0.493 e. The standard InChI is InChI=1S/C18H31N3O3.HI/c1-18(2,23-5)14-21-17(19-3)20-13-15-8-6-9-16(12-15)24-11-7-10-22-4;/h6,8-9,12H,7,10-11,13-14H2,1-5H3,(H2,19,20,21);1H. The van der Waals surface area contributed by atoms with Gasteiger partial charge in [-0.05, 0) is 31.5 Å². The van der Waals surface area contributed by atoms with Crippen LogP contribution in [0.25, 0.3) is 0 Å². The molecule has 25 heavy (non-hydrogen) atoms. The molecule has 1 aromatic carbocycles. The van der Waals surface area contributed by atoms with Gasteiger partial charge in [-0.1, -0.05) is 12.1 Å². The van der Waals surface area contributed by atoms with E-state index in [0.29, 0.717) is 26.3 Å². The first-order valence-corrected chi connectivity index (χ1v) is 8.21. The second-order valence-corrected chi connectivity index (χ2v) is 6.09. The van der Waals surface area contributed by atoms with Gasteiger partial charge >= 0.3 is 0 Å². The summed E-state index contributed by atoms with van der Waals surface area (Å²) in [5.41, 5.74) is 0.890. The zero-order valence-corrected chi connectivity index (χ0v) is 18.3. The van der Waals surface area contributed by atoms with Crippen LogP contribution in [0.15, 0.2) is 29.3 Å². The van der Waals surface area contributed by atoms with Gasteiger partial charge in [0.2, 0.25) is 0 Å². The lowest BCUT2D eigenvalue weighted by molar-refractivity contribution is 0.0268. The molecule has 0 aliphatic heterocycles. The Labute approximate surface area is 168 Å². The van der Waals surface area contributed by atoms with Gasteiger partial charge in [0.15, 0.2) is 5.96 Å². The molecule has 0 saturated carbocycles. The molecule has 7 heteroatoms. The molecule has 0 amide bonds. The number of hydrogen-bond acceptors (Lipinski definition) is 4. The first-order chi connectivity index (χ1) is 11.5. The van der Waals surface area contributed by atoms with Crippen LogP contribution in [-0.4, -0.2) is 52.6 Å². The van der Waals surface area contributed by atoms with E-state index in [2.05, 4.69) is 21.7 Å². The van der Waals surface area contributed by atoms with Crippen LogP contribution in [0.1, 0.15) is 25.8 Å². The number of guanidine groups is 1. The van der Waals surface area contributed by atoms with Crippen LogP contribution >= 0.6 is 24.0 Å². The van der Waals surface area contributed by atoms with Crippen LogP contribution in [-0.2, 0) is 16.0 Å². The Morgan fingerprint density at radius 1 is 1.16 bits per heavy atom. The molecule has 0 bridgehead atoms. The van der Waals surface area contributed by atoms with Gasteiger partial charge in [-0.15, -0.1) is 24.0 Å². The smallest absolute Gasteiger partial charge is 0.191 e. The van der Waals surface area contributed by atoms with Gasteiger partial charge in [-0.3, -0.25) is 4.99 Å². The van der Waals surface area contributed by atoms with Gasteiger partial charge in [-0.25, -0.2) is 0 Å². The molecule has 0 aliphatic carbocycles. The fourth-order valence-electron chi connectivity index (χ4n) is 1.91. The number of nitrogens with one attached hydrogen (secondary N) is 2. The molecule has 0 radical (unpaired) electrons. The average molecular weight is 465 g/mol. The number of halogens is 1. The van der Waals surface area contributed by atoms with E-state index in [1.807, 2.05) is 32.0 Å². The Morgan fingerprint density at radius 2 is 1.92 bits per heavy atom. The normalized spacial score (nSPS) is 11.6. The van der Waals surface area contributed by atoms with Crippen molar-refractivity contribution in [1.29, 1.82) is 0 Å². The molecule has 0 unspecified atom stereocenters. The number of methoxy groups -OCH3 is 2. The molecular formula is C18H32IN3O3. The average Bonchev–Trinajstić information content (AvgIpc) is 2.59. The van der Waals surface area contributed by atoms with Crippen LogP contribution in [0.4, 0.5) is 0 Å². The van der Waals surface area contributed by atoms with Crippen molar-refractivity contribution < 1.29 is 14.2 Å². The van der Waals surface area contributed by atoms with Gasteiger partial charge in [0.25, 0.3) is 0 Å². The maximum absolute atomic E-state index is 5.72. The van der Waals surface area contributed by atoms with E-state index >= 15 is 0 Å². The fourth-order valence-corrected chi connectivity index (χ4v) is 1.91. The molecule has 0 spiro atoms. The Kier molecular flexibility index (Phi) is 12.6. The van der Waals surface area contributed by atoms with Crippen molar-refractivity contribution in [3.05, 3.63) is 29.8 Å². The summed E-state index contributed by atoms with van der Waals surface area (Å²) in [7, 11) is 5.15. The van der Waals surface area contributed by atoms with Gasteiger partial charge in [-0.2, -0.15) is 0 Å². The predicted molar refractivity (Wildman–Crippen MR) is 113 cm³/mol. The molecule has 0 aliphatic rings. The summed E-state index contributed by atoms with van der Waals surface area (Å²) >= 11 is 0. The van der Waals surface area contributed by atoms with Crippen LogP contribution in [0.3, 0.4) is 0 Å². The van der Waals surface area contributed by atoms with Crippen LogP contribution < -0.4 is 15.4 Å². The van der Waals surface area contributed by atoms with Crippen LogP contribution in [0.2, 0.25) is 0 Å². The summed E-state index contributed by atoms with van der Waals surface area (Å²) in [6.07, 6.45) is 0.880. The highest BCUT2D eigenvalue weighted by molar-refractivity contribution is 14.0. The molecule has 0 atom stereocenters. The van der Waals surface area contributed by atoms with Gasteiger partial charge in [0.1, 0.15) is 5.75 Å². The second-order valence-electron chi connectivity index (χ2n) is 6.09. The van der Waals surface area contributed by atoms with Crippen molar-refractivity contribution in [1.82, 2.24) is 10.6 Å². The van der Waals surface area contributed by atoms with E-state index in [9.17, 15) is 0 Å². The number of nitrogens with zero attached hydrogens (tertiary/aromatic N) is 1. The quantitative estimate of drug-likeness (QED) is 0.241. The molecule has 1 aromatic rings. The number of ether oxygens (including phenoxy) is 3. The lowest BCUT2D eigenvalue weighted by Crippen LogP contribution is -2.45. The Hall–Kier alpha value is -1.06. The summed E-state index contributed by atoms with van der Waals surface area (Å²) < 4.78 is 16.1. The zero-order chi connectivity index (χ0) is 17.8. The molecule has 0 fully saturated rings. The lowest BCUT2D eigenvalue weighted by atomic mass is 10.1. The monoisotopic (exact) mass is 465 g/mol. The second kappa shape index (κ2) is 13.2. The molecular weight excluding hydrogens is 433 g/mol. The van der Waals surface area contributed by atoms with E-state index < -0.39 is 0 Å². The van der Waals surface area contributed by atoms with E-state index in [1.54, 1.807) is 21.3 Å². The number of rotatable bonds is 10. The molecule has 0 aromatic heterocycles. The summed E-state index contributed by atoms with van der Waals surface area (Å²) in [6, 6.07) is 8.05. The summed E-state index contributed by atoms with van der Waals surface area (Å²) in [5.74, 6) is 1.61. The molecule has 6 nitrogen and oxygen atoms in total. The fraction of sp³-hybridized carbons (Fsp3) is 0.611. The Morgan fingerprint density at radius 3 is 2.56 bits per heavy atom. The molecule has 2 N–H and O–H groups in total. The van der Waals surface area contributed by atoms with E-state index in [4.69, 9.17) is 14.2 Å². The molecule has 0 heterocycles. The van der Waals surface area contributed by atoms with Gasteiger partial charge in [0, 0.05) is 47.4 Å². The zero-order valence-electron chi connectivity index (χ0n) is 15.9. The Balaban J connectivity index is 0.00000576.